The number of nitrogens with zero attached hydrogens (tertiary/aromatic N) is 5. The first-order valence-corrected chi connectivity index (χ1v) is 9.86. The van der Waals surface area contributed by atoms with Crippen LogP contribution >= 0.6 is 0 Å². The highest BCUT2D eigenvalue weighted by Crippen LogP contribution is 2.23. The minimum Gasteiger partial charge on any atom is -0.368 e. The molecule has 1 aliphatic heterocycles. The molecule has 7 nitrogen and oxygen atoms in total. The highest BCUT2D eigenvalue weighted by atomic mass is 16.2. The quantitative estimate of drug-likeness (QED) is 0.844. The van der Waals surface area contributed by atoms with Crippen LogP contribution in [0.1, 0.15) is 61.5 Å². The van der Waals surface area contributed by atoms with Crippen LogP contribution in [0.4, 0.5) is 5.95 Å². The molecule has 2 aromatic heterocycles. The average Bonchev–Trinajstić information content (AvgIpc) is 3.03. The molecular formula is C20H30N6O. The summed E-state index contributed by atoms with van der Waals surface area (Å²) in [5.41, 5.74) is 7.13. The predicted molar refractivity (Wildman–Crippen MR) is 105 cm³/mol. The van der Waals surface area contributed by atoms with Crippen molar-refractivity contribution in [1.82, 2.24) is 24.4 Å². The minimum absolute atomic E-state index is 0.0267. The second-order valence-corrected chi connectivity index (χ2v) is 7.81. The number of likely N-dealkylation sites (tertiary alicyclic amines) is 1. The molecule has 1 saturated heterocycles. The second-order valence-electron chi connectivity index (χ2n) is 7.81. The Morgan fingerprint density at radius 3 is 2.85 bits per heavy atom. The van der Waals surface area contributed by atoms with Gasteiger partial charge >= 0.3 is 0 Å². The number of hydrogen-bond acceptors (Lipinski definition) is 5. The first-order valence-electron chi connectivity index (χ1n) is 9.86. The Bertz CT molecular complexity index is 785. The van der Waals surface area contributed by atoms with E-state index in [0.29, 0.717) is 11.6 Å². The van der Waals surface area contributed by atoms with Crippen molar-refractivity contribution < 1.29 is 4.79 Å². The van der Waals surface area contributed by atoms with Crippen LogP contribution in [0, 0.1) is 12.8 Å². The Hall–Kier alpha value is -2.44. The van der Waals surface area contributed by atoms with Gasteiger partial charge in [0, 0.05) is 37.2 Å². The Balaban J connectivity index is 1.74. The summed E-state index contributed by atoms with van der Waals surface area (Å²) in [5.74, 6) is 1.61. The first kappa shape index (κ1) is 19.3. The third kappa shape index (κ3) is 4.84. The van der Waals surface area contributed by atoms with Crippen molar-refractivity contribution in [2.75, 3.05) is 12.3 Å². The molecule has 0 unspecified atom stereocenters. The van der Waals surface area contributed by atoms with Crippen molar-refractivity contribution in [2.45, 2.75) is 65.5 Å². The van der Waals surface area contributed by atoms with Gasteiger partial charge in [-0.05, 0) is 51.0 Å². The zero-order chi connectivity index (χ0) is 19.4. The average molecular weight is 371 g/mol. The molecule has 2 aromatic rings. The van der Waals surface area contributed by atoms with Crippen molar-refractivity contribution in [1.29, 1.82) is 0 Å². The maximum atomic E-state index is 13.2. The SMILES string of the molecule is Cc1nccn1CC[C@H]1CCCCN1C(=O)c1cc(CC(C)C)nc(N)n1. The van der Waals surface area contributed by atoms with Crippen LogP contribution in [-0.2, 0) is 13.0 Å². The number of rotatable bonds is 6. The number of aryl methyl sites for hydroxylation is 2. The maximum absolute atomic E-state index is 13.2. The fourth-order valence-corrected chi connectivity index (χ4v) is 3.79. The standard InChI is InChI=1S/C20H30N6O/c1-14(2)12-16-13-18(24-20(21)23-16)19(27)26-9-5-4-6-17(26)7-10-25-11-8-22-15(25)3/h8,11,13-14,17H,4-7,9-10,12H2,1-3H3,(H2,21,23,24)/t17-/m1/s1. The molecule has 7 heteroatoms. The van der Waals surface area contributed by atoms with Crippen LogP contribution in [-0.4, -0.2) is 42.9 Å². The second kappa shape index (κ2) is 8.50. The van der Waals surface area contributed by atoms with E-state index < -0.39 is 0 Å². The van der Waals surface area contributed by atoms with E-state index in [9.17, 15) is 4.79 Å². The van der Waals surface area contributed by atoms with Crippen LogP contribution in [0.5, 0.6) is 0 Å². The van der Waals surface area contributed by atoms with Gasteiger partial charge in [0.1, 0.15) is 11.5 Å². The van der Waals surface area contributed by atoms with Gasteiger partial charge < -0.3 is 15.2 Å². The van der Waals surface area contributed by atoms with Crippen molar-refractivity contribution in [3.05, 3.63) is 35.7 Å². The molecule has 3 heterocycles. The van der Waals surface area contributed by atoms with Crippen LogP contribution in [0.2, 0.25) is 0 Å². The van der Waals surface area contributed by atoms with Gasteiger partial charge in [-0.1, -0.05) is 13.8 Å². The molecule has 1 aliphatic rings. The lowest BCUT2D eigenvalue weighted by atomic mass is 9.98. The Kier molecular flexibility index (Phi) is 6.08. The molecule has 0 radical (unpaired) electrons. The normalized spacial score (nSPS) is 17.5. The molecule has 146 valence electrons. The van der Waals surface area contributed by atoms with Gasteiger partial charge in [-0.2, -0.15) is 0 Å². The zero-order valence-electron chi connectivity index (χ0n) is 16.6. The van der Waals surface area contributed by atoms with Crippen LogP contribution in [0.25, 0.3) is 0 Å². The largest absolute Gasteiger partial charge is 0.368 e. The highest BCUT2D eigenvalue weighted by Gasteiger charge is 2.28. The van der Waals surface area contributed by atoms with Crippen LogP contribution in [0.3, 0.4) is 0 Å². The number of imidazole rings is 1. The molecule has 1 amide bonds. The molecule has 0 saturated carbocycles. The molecule has 0 aliphatic carbocycles. The minimum atomic E-state index is -0.0267. The smallest absolute Gasteiger partial charge is 0.272 e. The van der Waals surface area contributed by atoms with Crippen molar-refractivity contribution >= 4 is 11.9 Å². The summed E-state index contributed by atoms with van der Waals surface area (Å²) >= 11 is 0. The lowest BCUT2D eigenvalue weighted by Crippen LogP contribution is -2.44. The molecule has 3 rings (SSSR count). The van der Waals surface area contributed by atoms with Crippen molar-refractivity contribution in [3.8, 4) is 0 Å². The Morgan fingerprint density at radius 1 is 1.33 bits per heavy atom. The summed E-state index contributed by atoms with van der Waals surface area (Å²) in [7, 11) is 0. The lowest BCUT2D eigenvalue weighted by molar-refractivity contribution is 0.0589. The van der Waals surface area contributed by atoms with E-state index in [-0.39, 0.29) is 17.9 Å². The van der Waals surface area contributed by atoms with E-state index in [4.69, 9.17) is 5.73 Å². The van der Waals surface area contributed by atoms with E-state index in [1.807, 2.05) is 30.3 Å². The molecular weight excluding hydrogens is 340 g/mol. The predicted octanol–water partition coefficient (Wildman–Crippen LogP) is 2.85. The van der Waals surface area contributed by atoms with Crippen LogP contribution in [0.15, 0.2) is 18.5 Å². The van der Waals surface area contributed by atoms with Crippen LogP contribution < -0.4 is 5.73 Å². The molecule has 27 heavy (non-hydrogen) atoms. The van der Waals surface area contributed by atoms with Gasteiger partial charge in [0.25, 0.3) is 5.91 Å². The summed E-state index contributed by atoms with van der Waals surface area (Å²) in [6.07, 6.45) is 8.73. The molecule has 0 aromatic carbocycles. The third-order valence-corrected chi connectivity index (χ3v) is 5.15. The van der Waals surface area contributed by atoms with Gasteiger partial charge in [0.15, 0.2) is 0 Å². The summed E-state index contributed by atoms with van der Waals surface area (Å²) < 4.78 is 2.14. The lowest BCUT2D eigenvalue weighted by Gasteiger charge is -2.36. The molecule has 0 spiro atoms. The summed E-state index contributed by atoms with van der Waals surface area (Å²) in [6.45, 7) is 7.89. The van der Waals surface area contributed by atoms with Gasteiger partial charge in [-0.25, -0.2) is 15.0 Å². The number of piperidine rings is 1. The number of nitrogens with two attached hydrogens (primary N) is 1. The van der Waals surface area contributed by atoms with E-state index in [1.165, 1.54) is 0 Å². The number of carbonyl (C=O) groups is 1. The van der Waals surface area contributed by atoms with E-state index in [0.717, 1.165) is 56.7 Å². The number of aromatic nitrogens is 4. The molecule has 1 fully saturated rings. The molecule has 2 N–H and O–H groups in total. The number of carbonyl (C=O) groups excluding carboxylic acids is 1. The summed E-state index contributed by atoms with van der Waals surface area (Å²) in [4.78, 5) is 28.0. The van der Waals surface area contributed by atoms with Gasteiger partial charge in [-0.15, -0.1) is 0 Å². The number of nitrogen functional groups attached to an aromatic ring is 1. The number of anilines is 1. The highest BCUT2D eigenvalue weighted by molar-refractivity contribution is 5.93. The molecule has 0 bridgehead atoms. The van der Waals surface area contributed by atoms with E-state index >= 15 is 0 Å². The number of amides is 1. The summed E-state index contributed by atoms with van der Waals surface area (Å²) in [6, 6.07) is 2.03. The summed E-state index contributed by atoms with van der Waals surface area (Å²) in [5, 5.41) is 0. The first-order chi connectivity index (χ1) is 12.9. The third-order valence-electron chi connectivity index (χ3n) is 5.15. The van der Waals surface area contributed by atoms with Gasteiger partial charge in [0.2, 0.25) is 5.95 Å². The van der Waals surface area contributed by atoms with Crippen molar-refractivity contribution in [2.24, 2.45) is 5.92 Å². The zero-order valence-corrected chi connectivity index (χ0v) is 16.6. The molecule has 1 atom stereocenters. The van der Waals surface area contributed by atoms with E-state index in [1.54, 1.807) is 0 Å². The Morgan fingerprint density at radius 2 is 2.15 bits per heavy atom. The van der Waals surface area contributed by atoms with E-state index in [2.05, 4.69) is 33.4 Å². The van der Waals surface area contributed by atoms with Crippen molar-refractivity contribution in [3.63, 3.8) is 0 Å². The fraction of sp³-hybridized carbons (Fsp3) is 0.600. The Labute approximate surface area is 161 Å². The van der Waals surface area contributed by atoms with Gasteiger partial charge in [0.05, 0.1) is 0 Å². The fourth-order valence-electron chi connectivity index (χ4n) is 3.79. The maximum Gasteiger partial charge on any atom is 0.272 e. The topological polar surface area (TPSA) is 89.9 Å². The number of hydrogen-bond donors (Lipinski definition) is 1. The monoisotopic (exact) mass is 370 g/mol. The van der Waals surface area contributed by atoms with Gasteiger partial charge in [-0.3, -0.25) is 4.79 Å².